The fraction of sp³-hybridized carbons (Fsp3) is 0.200. The second-order valence-electron chi connectivity index (χ2n) is 4.22. The van der Waals surface area contributed by atoms with Gasteiger partial charge in [-0.1, -0.05) is 24.3 Å². The molecule has 0 amide bonds. The highest BCUT2D eigenvalue weighted by Crippen LogP contribution is 2.28. The number of aliphatic hydroxyl groups excluding tert-OH is 1. The first kappa shape index (κ1) is 11.8. The van der Waals surface area contributed by atoms with E-state index >= 15 is 0 Å². The van der Waals surface area contributed by atoms with Gasteiger partial charge in [0, 0.05) is 5.56 Å². The standard InChI is InChI=1S/C15H15FO/c1-10-4-3-5-13(11(10)2)14-8-12(9-17)6-7-15(14)16/h3-8,17H,9H2,1-2H3. The van der Waals surface area contributed by atoms with E-state index in [9.17, 15) is 4.39 Å². The van der Waals surface area contributed by atoms with Crippen molar-refractivity contribution in [2.45, 2.75) is 20.5 Å². The number of hydrogen-bond acceptors (Lipinski definition) is 1. The predicted molar refractivity (Wildman–Crippen MR) is 67.2 cm³/mol. The number of rotatable bonds is 2. The number of aryl methyl sites for hydroxylation is 1. The fourth-order valence-corrected chi connectivity index (χ4v) is 1.92. The Morgan fingerprint density at radius 1 is 1.06 bits per heavy atom. The molecule has 1 N–H and O–H groups in total. The summed E-state index contributed by atoms with van der Waals surface area (Å²) in [7, 11) is 0. The normalized spacial score (nSPS) is 10.6. The van der Waals surface area contributed by atoms with E-state index < -0.39 is 0 Å². The van der Waals surface area contributed by atoms with E-state index in [4.69, 9.17) is 5.11 Å². The molecule has 0 spiro atoms. The van der Waals surface area contributed by atoms with Gasteiger partial charge in [-0.3, -0.25) is 0 Å². The van der Waals surface area contributed by atoms with Gasteiger partial charge in [-0.2, -0.15) is 0 Å². The summed E-state index contributed by atoms with van der Waals surface area (Å²) in [5.74, 6) is -0.254. The third kappa shape index (κ3) is 2.22. The minimum atomic E-state index is -0.254. The summed E-state index contributed by atoms with van der Waals surface area (Å²) in [6, 6.07) is 10.5. The highest BCUT2D eigenvalue weighted by atomic mass is 19.1. The Balaban J connectivity index is 2.63. The van der Waals surface area contributed by atoms with Crippen LogP contribution < -0.4 is 0 Å². The molecule has 17 heavy (non-hydrogen) atoms. The summed E-state index contributed by atoms with van der Waals surface area (Å²) in [6.45, 7) is 3.92. The van der Waals surface area contributed by atoms with Crippen molar-refractivity contribution in [1.29, 1.82) is 0 Å². The molecule has 0 aliphatic heterocycles. The van der Waals surface area contributed by atoms with E-state index in [1.807, 2.05) is 32.0 Å². The van der Waals surface area contributed by atoms with E-state index in [0.29, 0.717) is 5.56 Å². The molecule has 0 bridgehead atoms. The van der Waals surface area contributed by atoms with Crippen molar-refractivity contribution >= 4 is 0 Å². The van der Waals surface area contributed by atoms with E-state index in [2.05, 4.69) is 0 Å². The van der Waals surface area contributed by atoms with Crippen molar-refractivity contribution in [3.05, 3.63) is 58.9 Å². The third-order valence-electron chi connectivity index (χ3n) is 3.11. The topological polar surface area (TPSA) is 20.2 Å². The molecule has 0 aliphatic carbocycles. The number of hydrogen-bond donors (Lipinski definition) is 1. The molecule has 2 rings (SSSR count). The molecule has 0 aliphatic rings. The lowest BCUT2D eigenvalue weighted by Gasteiger charge is -2.10. The van der Waals surface area contributed by atoms with Crippen molar-refractivity contribution in [1.82, 2.24) is 0 Å². The lowest BCUT2D eigenvalue weighted by molar-refractivity contribution is 0.282. The van der Waals surface area contributed by atoms with Crippen LogP contribution in [0, 0.1) is 19.7 Å². The van der Waals surface area contributed by atoms with E-state index in [-0.39, 0.29) is 12.4 Å². The van der Waals surface area contributed by atoms with E-state index in [1.54, 1.807) is 12.1 Å². The van der Waals surface area contributed by atoms with Crippen molar-refractivity contribution in [3.63, 3.8) is 0 Å². The van der Waals surface area contributed by atoms with E-state index in [0.717, 1.165) is 22.3 Å². The summed E-state index contributed by atoms with van der Waals surface area (Å²) < 4.78 is 13.8. The summed E-state index contributed by atoms with van der Waals surface area (Å²) in [4.78, 5) is 0. The summed E-state index contributed by atoms with van der Waals surface area (Å²) in [5, 5.41) is 9.10. The van der Waals surface area contributed by atoms with E-state index in [1.165, 1.54) is 6.07 Å². The Hall–Kier alpha value is -1.67. The molecule has 2 aromatic rings. The smallest absolute Gasteiger partial charge is 0.131 e. The molecule has 0 fully saturated rings. The van der Waals surface area contributed by atoms with Crippen LogP contribution in [0.5, 0.6) is 0 Å². The maximum absolute atomic E-state index is 13.8. The minimum absolute atomic E-state index is 0.0713. The van der Waals surface area contributed by atoms with Crippen molar-refractivity contribution in [3.8, 4) is 11.1 Å². The van der Waals surface area contributed by atoms with Gasteiger partial charge in [-0.15, -0.1) is 0 Å². The molecular weight excluding hydrogens is 215 g/mol. The zero-order valence-electron chi connectivity index (χ0n) is 10.00. The average Bonchev–Trinajstić information content (AvgIpc) is 2.34. The predicted octanol–water partition coefficient (Wildman–Crippen LogP) is 3.60. The highest BCUT2D eigenvalue weighted by Gasteiger charge is 2.09. The molecule has 2 heteroatoms. The fourth-order valence-electron chi connectivity index (χ4n) is 1.92. The number of aliphatic hydroxyl groups is 1. The first-order chi connectivity index (χ1) is 8.13. The van der Waals surface area contributed by atoms with Crippen molar-refractivity contribution in [2.24, 2.45) is 0 Å². The van der Waals surface area contributed by atoms with Gasteiger partial charge in [-0.25, -0.2) is 4.39 Å². The zero-order valence-corrected chi connectivity index (χ0v) is 10.00. The molecule has 0 unspecified atom stereocenters. The lowest BCUT2D eigenvalue weighted by atomic mass is 9.95. The maximum Gasteiger partial charge on any atom is 0.131 e. The second-order valence-corrected chi connectivity index (χ2v) is 4.22. The first-order valence-electron chi connectivity index (χ1n) is 5.59. The van der Waals surface area contributed by atoms with Gasteiger partial charge >= 0.3 is 0 Å². The average molecular weight is 230 g/mol. The van der Waals surface area contributed by atoms with Crippen LogP contribution in [0.25, 0.3) is 11.1 Å². The second kappa shape index (κ2) is 4.68. The highest BCUT2D eigenvalue weighted by molar-refractivity contribution is 5.69. The minimum Gasteiger partial charge on any atom is -0.392 e. The van der Waals surface area contributed by atoms with Gasteiger partial charge in [0.15, 0.2) is 0 Å². The summed E-state index contributed by atoms with van der Waals surface area (Å²) >= 11 is 0. The van der Waals surface area contributed by atoms with Crippen LogP contribution in [0.4, 0.5) is 4.39 Å². The SMILES string of the molecule is Cc1cccc(-c2cc(CO)ccc2F)c1C. The molecular formula is C15H15FO. The molecule has 1 nitrogen and oxygen atoms in total. The van der Waals surface area contributed by atoms with Gasteiger partial charge < -0.3 is 5.11 Å². The summed E-state index contributed by atoms with van der Waals surface area (Å²) in [6.07, 6.45) is 0. The zero-order chi connectivity index (χ0) is 12.4. The van der Waals surface area contributed by atoms with Crippen LogP contribution in [0.3, 0.4) is 0 Å². The Bertz CT molecular complexity index is 547. The van der Waals surface area contributed by atoms with Crippen LogP contribution in [-0.4, -0.2) is 5.11 Å². The Kier molecular flexibility index (Phi) is 3.25. The van der Waals surface area contributed by atoms with Gasteiger partial charge in [0.2, 0.25) is 0 Å². The molecule has 0 radical (unpaired) electrons. The molecule has 0 saturated carbocycles. The van der Waals surface area contributed by atoms with Crippen molar-refractivity contribution in [2.75, 3.05) is 0 Å². The quantitative estimate of drug-likeness (QED) is 0.835. The Labute approximate surface area is 101 Å². The molecule has 88 valence electrons. The van der Waals surface area contributed by atoms with Gasteiger partial charge in [0.05, 0.1) is 6.61 Å². The van der Waals surface area contributed by atoms with Gasteiger partial charge in [0.1, 0.15) is 5.82 Å². The van der Waals surface area contributed by atoms with Crippen LogP contribution >= 0.6 is 0 Å². The summed E-state index contributed by atoms with van der Waals surface area (Å²) in [5.41, 5.74) is 4.37. The molecule has 2 aromatic carbocycles. The molecule has 0 atom stereocenters. The number of benzene rings is 2. The third-order valence-corrected chi connectivity index (χ3v) is 3.11. The number of halogens is 1. The monoisotopic (exact) mass is 230 g/mol. The molecule has 0 saturated heterocycles. The maximum atomic E-state index is 13.8. The first-order valence-corrected chi connectivity index (χ1v) is 5.59. The van der Waals surface area contributed by atoms with Crippen LogP contribution in [0.15, 0.2) is 36.4 Å². The van der Waals surface area contributed by atoms with Gasteiger partial charge in [0.25, 0.3) is 0 Å². The van der Waals surface area contributed by atoms with Crippen LogP contribution in [0.1, 0.15) is 16.7 Å². The Morgan fingerprint density at radius 2 is 1.82 bits per heavy atom. The van der Waals surface area contributed by atoms with Crippen LogP contribution in [-0.2, 0) is 6.61 Å². The lowest BCUT2D eigenvalue weighted by Crippen LogP contribution is -1.92. The Morgan fingerprint density at radius 3 is 2.53 bits per heavy atom. The van der Waals surface area contributed by atoms with Crippen LogP contribution in [0.2, 0.25) is 0 Å². The van der Waals surface area contributed by atoms with Crippen molar-refractivity contribution < 1.29 is 9.50 Å². The van der Waals surface area contributed by atoms with Gasteiger partial charge in [-0.05, 0) is 48.2 Å². The molecule has 0 aromatic heterocycles. The largest absolute Gasteiger partial charge is 0.392 e. The molecule has 0 heterocycles.